The lowest BCUT2D eigenvalue weighted by Crippen LogP contribution is -2.15. The third-order valence-corrected chi connectivity index (χ3v) is 3.39. The minimum atomic E-state index is -1.25. The highest BCUT2D eigenvalue weighted by Gasteiger charge is 2.20. The van der Waals surface area contributed by atoms with Crippen LogP contribution in [-0.2, 0) is 6.42 Å². The summed E-state index contributed by atoms with van der Waals surface area (Å²) in [4.78, 5) is 23.4. The molecule has 0 unspecified atom stereocenters. The van der Waals surface area contributed by atoms with Crippen LogP contribution in [0.5, 0.6) is 5.75 Å². The quantitative estimate of drug-likeness (QED) is 0.938. The van der Waals surface area contributed by atoms with Crippen molar-refractivity contribution in [3.63, 3.8) is 0 Å². The molecule has 0 aliphatic heterocycles. The summed E-state index contributed by atoms with van der Waals surface area (Å²) in [5, 5.41) is 9.40. The van der Waals surface area contributed by atoms with Crippen molar-refractivity contribution in [2.75, 3.05) is 7.11 Å². The van der Waals surface area contributed by atoms with E-state index in [0.717, 1.165) is 0 Å². The Kier molecular flexibility index (Phi) is 3.61. The number of benzene rings is 1. The molecule has 0 radical (unpaired) electrons. The zero-order valence-corrected chi connectivity index (χ0v) is 11.9. The Hall–Kier alpha value is -1.82. The van der Waals surface area contributed by atoms with E-state index in [1.54, 1.807) is 13.0 Å². The van der Waals surface area contributed by atoms with E-state index in [9.17, 15) is 9.59 Å². The maximum absolute atomic E-state index is 12.3. The second-order valence-electron chi connectivity index (χ2n) is 3.88. The second kappa shape index (κ2) is 5.05. The number of carbonyl (C=O) groups is 1. The molecule has 0 bridgehead atoms. The molecule has 1 aromatic carbocycles. The van der Waals surface area contributed by atoms with Crippen LogP contribution in [0.15, 0.2) is 25.8 Å². The normalized spacial score (nSPS) is 10.7. The molecule has 2 aromatic rings. The molecule has 19 heavy (non-hydrogen) atoms. The molecule has 0 amide bonds. The Bertz CT molecular complexity index is 717. The summed E-state index contributed by atoms with van der Waals surface area (Å²) < 4.78 is 10.9. The minimum Gasteiger partial charge on any atom is -0.497 e. The van der Waals surface area contributed by atoms with Gasteiger partial charge in [0.1, 0.15) is 5.75 Å². The molecular weight excluding hydrogens is 316 g/mol. The lowest BCUT2D eigenvalue weighted by molar-refractivity contribution is 0.0661. The summed E-state index contributed by atoms with van der Waals surface area (Å²) in [7, 11) is 1.49. The number of hydrogen-bond donors (Lipinski definition) is 1. The molecule has 100 valence electrons. The van der Waals surface area contributed by atoms with Gasteiger partial charge in [0.25, 0.3) is 0 Å². The molecule has 0 aliphatic rings. The second-order valence-corrected chi connectivity index (χ2v) is 4.74. The van der Waals surface area contributed by atoms with Crippen LogP contribution in [0.1, 0.15) is 23.0 Å². The first-order valence-corrected chi connectivity index (χ1v) is 6.35. The number of carboxylic acid groups (broad SMARTS) is 1. The van der Waals surface area contributed by atoms with Gasteiger partial charge in [-0.2, -0.15) is 0 Å². The molecule has 0 saturated heterocycles. The van der Waals surface area contributed by atoms with E-state index in [-0.39, 0.29) is 28.8 Å². The van der Waals surface area contributed by atoms with Crippen molar-refractivity contribution < 1.29 is 19.1 Å². The van der Waals surface area contributed by atoms with E-state index < -0.39 is 5.97 Å². The van der Waals surface area contributed by atoms with E-state index in [4.69, 9.17) is 14.3 Å². The van der Waals surface area contributed by atoms with Gasteiger partial charge >= 0.3 is 5.97 Å². The third-order valence-electron chi connectivity index (χ3n) is 2.80. The smallest absolute Gasteiger partial charge is 0.372 e. The fraction of sp³-hybridized carbons (Fsp3) is 0.231. The Morgan fingerprint density at radius 3 is 2.68 bits per heavy atom. The molecule has 0 atom stereocenters. The SMILES string of the molecule is CCc1c(C(=O)O)oc2c(Br)cc(OC)cc2c1=O. The van der Waals surface area contributed by atoms with Crippen LogP contribution in [0.4, 0.5) is 0 Å². The van der Waals surface area contributed by atoms with E-state index >= 15 is 0 Å². The number of fused-ring (bicyclic) bond motifs is 1. The van der Waals surface area contributed by atoms with Crippen LogP contribution in [0.3, 0.4) is 0 Å². The summed E-state index contributed by atoms with van der Waals surface area (Å²) in [6.45, 7) is 1.71. The van der Waals surface area contributed by atoms with E-state index in [0.29, 0.717) is 15.6 Å². The van der Waals surface area contributed by atoms with Crippen LogP contribution in [0, 0.1) is 0 Å². The van der Waals surface area contributed by atoms with E-state index in [1.807, 2.05) is 0 Å². The van der Waals surface area contributed by atoms with Gasteiger partial charge in [-0.05, 0) is 34.5 Å². The van der Waals surface area contributed by atoms with Gasteiger partial charge in [0.05, 0.1) is 22.5 Å². The fourth-order valence-corrected chi connectivity index (χ4v) is 2.40. The highest BCUT2D eigenvalue weighted by molar-refractivity contribution is 9.10. The van der Waals surface area contributed by atoms with Gasteiger partial charge in [-0.15, -0.1) is 0 Å². The average Bonchev–Trinajstić information content (AvgIpc) is 2.38. The zero-order valence-electron chi connectivity index (χ0n) is 10.3. The first-order valence-electron chi connectivity index (χ1n) is 5.56. The van der Waals surface area contributed by atoms with Crippen LogP contribution in [-0.4, -0.2) is 18.2 Å². The lowest BCUT2D eigenvalue weighted by Gasteiger charge is -2.08. The molecule has 0 aliphatic carbocycles. The lowest BCUT2D eigenvalue weighted by atomic mass is 10.1. The average molecular weight is 327 g/mol. The van der Waals surface area contributed by atoms with Crippen molar-refractivity contribution in [1.29, 1.82) is 0 Å². The number of halogens is 1. The molecule has 6 heteroatoms. The predicted molar refractivity (Wildman–Crippen MR) is 73.1 cm³/mol. The van der Waals surface area contributed by atoms with Crippen molar-refractivity contribution in [2.24, 2.45) is 0 Å². The Balaban J connectivity index is 2.95. The molecule has 0 saturated carbocycles. The molecule has 1 N–H and O–H groups in total. The number of carboxylic acids is 1. The molecule has 1 heterocycles. The maximum Gasteiger partial charge on any atom is 0.372 e. The Labute approximate surface area is 116 Å². The van der Waals surface area contributed by atoms with Gasteiger partial charge in [0.15, 0.2) is 11.0 Å². The van der Waals surface area contributed by atoms with Gasteiger partial charge in [-0.3, -0.25) is 4.79 Å². The van der Waals surface area contributed by atoms with Crippen molar-refractivity contribution in [3.05, 3.63) is 38.2 Å². The molecule has 0 spiro atoms. The highest BCUT2D eigenvalue weighted by Crippen LogP contribution is 2.29. The van der Waals surface area contributed by atoms with Crippen LogP contribution in [0.25, 0.3) is 11.0 Å². The van der Waals surface area contributed by atoms with Crippen molar-refractivity contribution in [1.82, 2.24) is 0 Å². The third kappa shape index (κ3) is 2.23. The standard InChI is InChI=1S/C13H11BrO5/c1-3-7-10(15)8-4-6(18-2)5-9(14)11(8)19-12(7)13(16)17/h4-5H,3H2,1-2H3,(H,16,17). The molecule has 2 rings (SSSR count). The first-order chi connectivity index (χ1) is 8.99. The van der Waals surface area contributed by atoms with Crippen LogP contribution in [0.2, 0.25) is 0 Å². The Morgan fingerprint density at radius 1 is 1.47 bits per heavy atom. The van der Waals surface area contributed by atoms with Gasteiger partial charge in [0.2, 0.25) is 5.76 Å². The van der Waals surface area contributed by atoms with Crippen molar-refractivity contribution in [2.45, 2.75) is 13.3 Å². The molecular formula is C13H11BrO5. The summed E-state index contributed by atoms with van der Waals surface area (Å²) in [5.41, 5.74) is 0.0151. The van der Waals surface area contributed by atoms with Gasteiger partial charge in [-0.1, -0.05) is 6.92 Å². The summed E-state index contributed by atoms with van der Waals surface area (Å²) in [6, 6.07) is 3.15. The van der Waals surface area contributed by atoms with Crippen LogP contribution >= 0.6 is 15.9 Å². The molecule has 1 aromatic heterocycles. The van der Waals surface area contributed by atoms with Gasteiger partial charge in [-0.25, -0.2) is 4.79 Å². The number of ether oxygens (including phenoxy) is 1. The summed E-state index contributed by atoms with van der Waals surface area (Å²) in [5.74, 6) is -1.07. The highest BCUT2D eigenvalue weighted by atomic mass is 79.9. The van der Waals surface area contributed by atoms with Crippen molar-refractivity contribution >= 4 is 32.9 Å². The molecule has 0 fully saturated rings. The zero-order chi connectivity index (χ0) is 14.2. The number of hydrogen-bond acceptors (Lipinski definition) is 4. The summed E-state index contributed by atoms with van der Waals surface area (Å²) in [6.07, 6.45) is 0.286. The summed E-state index contributed by atoms with van der Waals surface area (Å²) >= 11 is 3.25. The van der Waals surface area contributed by atoms with E-state index in [2.05, 4.69) is 15.9 Å². The topological polar surface area (TPSA) is 76.7 Å². The Morgan fingerprint density at radius 2 is 2.16 bits per heavy atom. The van der Waals surface area contributed by atoms with Crippen LogP contribution < -0.4 is 10.2 Å². The molecule has 5 nitrogen and oxygen atoms in total. The minimum absolute atomic E-state index is 0.153. The fourth-order valence-electron chi connectivity index (χ4n) is 1.88. The monoisotopic (exact) mass is 326 g/mol. The van der Waals surface area contributed by atoms with Gasteiger partial charge in [0, 0.05) is 0 Å². The predicted octanol–water partition coefficient (Wildman–Crippen LogP) is 2.82. The van der Waals surface area contributed by atoms with E-state index in [1.165, 1.54) is 13.2 Å². The number of rotatable bonds is 3. The number of aromatic carboxylic acids is 1. The maximum atomic E-state index is 12.3. The van der Waals surface area contributed by atoms with Gasteiger partial charge < -0.3 is 14.3 Å². The van der Waals surface area contributed by atoms with Crippen molar-refractivity contribution in [3.8, 4) is 5.75 Å². The largest absolute Gasteiger partial charge is 0.497 e. The first kappa shape index (κ1) is 13.6. The number of methoxy groups -OCH3 is 1.